The highest BCUT2D eigenvalue weighted by molar-refractivity contribution is 7.15. The molecule has 5 nitrogen and oxygen atoms in total. The number of fused-ring (bicyclic) bond motifs is 1. The first-order chi connectivity index (χ1) is 13.6. The van der Waals surface area contributed by atoms with Gasteiger partial charge >= 0.3 is 0 Å². The van der Waals surface area contributed by atoms with E-state index in [2.05, 4.69) is 10.3 Å². The monoisotopic (exact) mass is 411 g/mol. The molecule has 0 aliphatic heterocycles. The Morgan fingerprint density at radius 1 is 1.25 bits per heavy atom. The zero-order valence-electron chi connectivity index (χ0n) is 15.2. The first-order valence-electron chi connectivity index (χ1n) is 8.73. The molecule has 142 valence electrons. The summed E-state index contributed by atoms with van der Waals surface area (Å²) < 4.78 is 7.26. The molecule has 28 heavy (non-hydrogen) atoms. The fraction of sp³-hybridized carbons (Fsp3) is 0.143. The van der Waals surface area contributed by atoms with Crippen LogP contribution >= 0.6 is 22.9 Å². The third kappa shape index (κ3) is 4.03. The number of nitrogens with zero attached hydrogens (tertiary/aromatic N) is 2. The van der Waals surface area contributed by atoms with E-state index in [0.29, 0.717) is 18.0 Å². The Hall–Kier alpha value is -2.83. The summed E-state index contributed by atoms with van der Waals surface area (Å²) >= 11 is 7.41. The summed E-state index contributed by atoms with van der Waals surface area (Å²) in [5.74, 6) is 0.752. The van der Waals surface area contributed by atoms with Gasteiger partial charge in [0.2, 0.25) is 5.91 Å². The van der Waals surface area contributed by atoms with Crippen LogP contribution < -0.4 is 10.1 Å². The van der Waals surface area contributed by atoms with Crippen molar-refractivity contribution in [3.8, 4) is 17.0 Å². The van der Waals surface area contributed by atoms with E-state index >= 15 is 0 Å². The minimum absolute atomic E-state index is 0.0359. The summed E-state index contributed by atoms with van der Waals surface area (Å²) in [7, 11) is 1.64. The van der Waals surface area contributed by atoms with Crippen LogP contribution in [0.4, 0.5) is 0 Å². The van der Waals surface area contributed by atoms with Gasteiger partial charge < -0.3 is 10.1 Å². The van der Waals surface area contributed by atoms with Gasteiger partial charge in [-0.25, -0.2) is 4.98 Å². The molecule has 2 heterocycles. The van der Waals surface area contributed by atoms with E-state index < -0.39 is 0 Å². The van der Waals surface area contributed by atoms with Gasteiger partial charge in [0.25, 0.3) is 0 Å². The smallest absolute Gasteiger partial charge is 0.226 e. The van der Waals surface area contributed by atoms with Crippen molar-refractivity contribution >= 4 is 33.8 Å². The van der Waals surface area contributed by atoms with Crippen molar-refractivity contribution in [1.82, 2.24) is 14.7 Å². The first kappa shape index (κ1) is 18.5. The number of thiazole rings is 1. The van der Waals surface area contributed by atoms with Crippen molar-refractivity contribution < 1.29 is 9.53 Å². The van der Waals surface area contributed by atoms with Gasteiger partial charge in [0.15, 0.2) is 4.96 Å². The summed E-state index contributed by atoms with van der Waals surface area (Å²) in [6.45, 7) is 0.474. The van der Waals surface area contributed by atoms with Crippen molar-refractivity contribution in [2.45, 2.75) is 13.0 Å². The lowest BCUT2D eigenvalue weighted by atomic mass is 10.1. The van der Waals surface area contributed by atoms with E-state index in [1.54, 1.807) is 7.11 Å². The molecule has 4 aromatic rings. The maximum absolute atomic E-state index is 12.4. The molecule has 0 saturated heterocycles. The molecule has 0 bridgehead atoms. The van der Waals surface area contributed by atoms with Gasteiger partial charge in [0.1, 0.15) is 5.75 Å². The highest BCUT2D eigenvalue weighted by atomic mass is 35.5. The zero-order chi connectivity index (χ0) is 19.5. The molecule has 0 saturated carbocycles. The van der Waals surface area contributed by atoms with Crippen LogP contribution in [-0.2, 0) is 17.8 Å². The van der Waals surface area contributed by atoms with Gasteiger partial charge in [-0.15, -0.1) is 11.3 Å². The summed E-state index contributed by atoms with van der Waals surface area (Å²) in [5, 5.41) is 5.60. The van der Waals surface area contributed by atoms with Gasteiger partial charge in [-0.05, 0) is 29.8 Å². The molecule has 0 radical (unpaired) electrons. The average molecular weight is 412 g/mol. The van der Waals surface area contributed by atoms with E-state index in [4.69, 9.17) is 16.3 Å². The normalized spacial score (nSPS) is 10.9. The number of hydrogen-bond acceptors (Lipinski definition) is 4. The largest absolute Gasteiger partial charge is 0.497 e. The molecule has 0 unspecified atom stereocenters. The lowest BCUT2D eigenvalue weighted by Gasteiger charge is -2.05. The number of methoxy groups -OCH3 is 1. The van der Waals surface area contributed by atoms with E-state index in [-0.39, 0.29) is 5.91 Å². The average Bonchev–Trinajstić information content (AvgIpc) is 3.30. The van der Waals surface area contributed by atoms with Gasteiger partial charge in [0.05, 0.1) is 19.2 Å². The molecule has 1 amide bonds. The number of carbonyl (C=O) groups is 1. The topological polar surface area (TPSA) is 55.6 Å². The van der Waals surface area contributed by atoms with Crippen molar-refractivity contribution in [3.05, 3.63) is 76.4 Å². The van der Waals surface area contributed by atoms with Crippen molar-refractivity contribution in [2.24, 2.45) is 0 Å². The predicted molar refractivity (Wildman–Crippen MR) is 112 cm³/mol. The second-order valence-corrected chi connectivity index (χ2v) is 7.59. The van der Waals surface area contributed by atoms with Gasteiger partial charge in [-0.2, -0.15) is 0 Å². The Morgan fingerprint density at radius 3 is 2.86 bits per heavy atom. The maximum Gasteiger partial charge on any atom is 0.226 e. The molecule has 2 aromatic carbocycles. The molecule has 0 aliphatic rings. The predicted octanol–water partition coefficient (Wildman–Crippen LogP) is 4.58. The van der Waals surface area contributed by atoms with E-state index in [0.717, 1.165) is 33.2 Å². The quantitative estimate of drug-likeness (QED) is 0.505. The van der Waals surface area contributed by atoms with Gasteiger partial charge in [-0.1, -0.05) is 35.9 Å². The van der Waals surface area contributed by atoms with Crippen LogP contribution in [-0.4, -0.2) is 22.4 Å². The molecule has 0 fully saturated rings. The molecular weight excluding hydrogens is 394 g/mol. The maximum atomic E-state index is 12.4. The number of ether oxygens (including phenoxy) is 1. The molecule has 0 aliphatic carbocycles. The second-order valence-electron chi connectivity index (χ2n) is 6.32. The minimum atomic E-state index is -0.0359. The number of benzene rings is 2. The Balaban J connectivity index is 1.47. The molecule has 2 aromatic heterocycles. The Kier molecular flexibility index (Phi) is 5.32. The van der Waals surface area contributed by atoms with Crippen LogP contribution in [0, 0.1) is 0 Å². The Morgan fingerprint density at radius 2 is 2.07 bits per heavy atom. The first-order valence-corrected chi connectivity index (χ1v) is 9.99. The summed E-state index contributed by atoms with van der Waals surface area (Å²) in [6, 6.07) is 15.2. The molecule has 0 spiro atoms. The third-order valence-corrected chi connectivity index (χ3v) is 5.53. The number of aromatic nitrogens is 2. The Labute approximate surface area is 171 Å². The fourth-order valence-electron chi connectivity index (χ4n) is 2.91. The molecule has 0 atom stereocenters. The van der Waals surface area contributed by atoms with E-state index in [9.17, 15) is 4.79 Å². The summed E-state index contributed by atoms with van der Waals surface area (Å²) in [5.41, 5.74) is 3.76. The van der Waals surface area contributed by atoms with Crippen LogP contribution in [0.25, 0.3) is 16.2 Å². The number of nitrogens with one attached hydrogen (secondary N) is 1. The van der Waals surface area contributed by atoms with Crippen molar-refractivity contribution in [2.75, 3.05) is 7.11 Å². The van der Waals surface area contributed by atoms with Crippen molar-refractivity contribution in [1.29, 1.82) is 0 Å². The van der Waals surface area contributed by atoms with Crippen LogP contribution in [0.15, 0.2) is 60.1 Å². The highest BCUT2D eigenvalue weighted by Gasteiger charge is 2.13. The number of hydrogen-bond donors (Lipinski definition) is 1. The lowest BCUT2D eigenvalue weighted by molar-refractivity contribution is -0.120. The molecule has 7 heteroatoms. The highest BCUT2D eigenvalue weighted by Crippen LogP contribution is 2.26. The zero-order valence-corrected chi connectivity index (χ0v) is 16.8. The van der Waals surface area contributed by atoms with Crippen LogP contribution in [0.2, 0.25) is 5.02 Å². The van der Waals surface area contributed by atoms with Gasteiger partial charge in [0, 0.05) is 34.4 Å². The van der Waals surface area contributed by atoms with Crippen LogP contribution in [0.3, 0.4) is 0 Å². The van der Waals surface area contributed by atoms with E-state index in [1.165, 1.54) is 11.3 Å². The number of carbonyl (C=O) groups excluding carboxylic acids is 1. The number of amides is 1. The lowest BCUT2D eigenvalue weighted by Crippen LogP contribution is -2.24. The summed E-state index contributed by atoms with van der Waals surface area (Å²) in [4.78, 5) is 17.9. The number of halogens is 1. The van der Waals surface area contributed by atoms with Crippen LogP contribution in [0.5, 0.6) is 5.75 Å². The number of rotatable bonds is 6. The second kappa shape index (κ2) is 8.04. The minimum Gasteiger partial charge on any atom is -0.497 e. The number of imidazole rings is 1. The standard InChI is InChI=1S/C21H18ClN3O2S/c1-27-18-4-2-3-15(9-18)19-12-25-17(13-28-21(25)24-19)10-20(26)23-11-14-5-7-16(22)8-6-14/h2-9,12-13H,10-11H2,1H3,(H,23,26). The van der Waals surface area contributed by atoms with Crippen LogP contribution in [0.1, 0.15) is 11.3 Å². The molecular formula is C21H18ClN3O2S. The van der Waals surface area contributed by atoms with E-state index in [1.807, 2.05) is 64.5 Å². The molecule has 1 N–H and O–H groups in total. The third-order valence-electron chi connectivity index (χ3n) is 4.39. The Bertz CT molecular complexity index is 1120. The van der Waals surface area contributed by atoms with Gasteiger partial charge in [-0.3, -0.25) is 9.20 Å². The molecule has 4 rings (SSSR count). The SMILES string of the molecule is COc1cccc(-c2cn3c(CC(=O)NCc4ccc(Cl)cc4)csc3n2)c1. The van der Waals surface area contributed by atoms with Crippen molar-refractivity contribution in [3.63, 3.8) is 0 Å². The summed E-state index contributed by atoms with van der Waals surface area (Å²) in [6.07, 6.45) is 2.25. The fourth-order valence-corrected chi connectivity index (χ4v) is 3.91.